The van der Waals surface area contributed by atoms with E-state index in [4.69, 9.17) is 9.47 Å². The van der Waals surface area contributed by atoms with E-state index in [1.165, 1.54) is 6.92 Å². The number of methoxy groups -OCH3 is 1. The molecular weight excluding hydrogens is 565 g/mol. The molecule has 4 atom stereocenters. The van der Waals surface area contributed by atoms with Crippen LogP contribution in [0.25, 0.3) is 0 Å². The second-order valence-corrected chi connectivity index (χ2v) is 12.1. The van der Waals surface area contributed by atoms with Crippen LogP contribution in [0.5, 0.6) is 5.75 Å². The van der Waals surface area contributed by atoms with E-state index in [-0.39, 0.29) is 20.9 Å². The van der Waals surface area contributed by atoms with E-state index in [0.29, 0.717) is 24.6 Å². The molecule has 1 fully saturated rings. The van der Waals surface area contributed by atoms with Crippen molar-refractivity contribution >= 4 is 43.1 Å². The van der Waals surface area contributed by atoms with E-state index in [0.717, 1.165) is 15.8 Å². The molecule has 0 saturated carbocycles. The molecule has 9 nitrogen and oxygen atoms in total. The van der Waals surface area contributed by atoms with E-state index in [9.17, 15) is 19.2 Å². The zero-order valence-electron chi connectivity index (χ0n) is 22.8. The normalized spacial score (nSPS) is 22.6. The third-order valence-corrected chi connectivity index (χ3v) is 8.68. The molecule has 0 spiro atoms. The third kappa shape index (κ3) is 9.11. The maximum atomic E-state index is 13.5. The van der Waals surface area contributed by atoms with Crippen molar-refractivity contribution in [3.63, 3.8) is 0 Å². The molecule has 1 aliphatic rings. The Labute approximate surface area is 235 Å². The maximum absolute atomic E-state index is 13.5. The molecule has 0 bridgehead atoms. The zero-order valence-corrected chi connectivity index (χ0v) is 24.5. The second kappa shape index (κ2) is 14.7. The first-order chi connectivity index (χ1) is 18.7. The van der Waals surface area contributed by atoms with Gasteiger partial charge in [0, 0.05) is 0 Å². The number of hydrogen-bond donors (Lipinski definition) is 3. The topological polar surface area (TPSA) is 123 Å². The van der Waals surface area contributed by atoms with Gasteiger partial charge in [-0.05, 0) is 0 Å². The Hall–Kier alpha value is -3.36. The standard InChI is InChI=1S/C29H37N3O6Se/c1-18(2)25-28(35)31-23(12-8-9-20-13-15-21(37-4)16-14-20)26(33)32-24(17-39-22-10-6-5-7-11-22)27(34)30-19(3)29(36)38-25/h5-7,10-11,13-16,18-19,23-25H,8-9,12,17H2,1-4H3,(H,30,34)(H,31,35)(H,32,33)/t19-,23-,24+,25-/m0/s1. The van der Waals surface area contributed by atoms with Crippen molar-refractivity contribution in [1.82, 2.24) is 16.0 Å². The van der Waals surface area contributed by atoms with Gasteiger partial charge in [-0.3, -0.25) is 0 Å². The van der Waals surface area contributed by atoms with Crippen LogP contribution in [0.15, 0.2) is 54.6 Å². The fraction of sp³-hybridized carbons (Fsp3) is 0.448. The van der Waals surface area contributed by atoms with Crippen molar-refractivity contribution in [2.45, 2.75) is 69.6 Å². The van der Waals surface area contributed by atoms with E-state index in [2.05, 4.69) is 16.0 Å². The molecule has 0 aliphatic carbocycles. The molecule has 2 aromatic carbocycles. The van der Waals surface area contributed by atoms with E-state index >= 15 is 0 Å². The molecule has 0 unspecified atom stereocenters. The zero-order chi connectivity index (χ0) is 28.4. The van der Waals surface area contributed by atoms with Crippen molar-refractivity contribution in [1.29, 1.82) is 0 Å². The number of rotatable bonds is 9. The fourth-order valence-electron chi connectivity index (χ4n) is 4.07. The monoisotopic (exact) mass is 603 g/mol. The predicted octanol–water partition coefficient (Wildman–Crippen LogP) is 1.52. The van der Waals surface area contributed by atoms with Gasteiger partial charge >= 0.3 is 224 Å². The Morgan fingerprint density at radius 3 is 2.15 bits per heavy atom. The van der Waals surface area contributed by atoms with Gasteiger partial charge in [0.25, 0.3) is 0 Å². The van der Waals surface area contributed by atoms with Crippen molar-refractivity contribution in [3.8, 4) is 5.75 Å². The minimum absolute atomic E-state index is 0.104. The number of cyclic esters (lactones) is 1. The van der Waals surface area contributed by atoms with Gasteiger partial charge in [-0.2, -0.15) is 0 Å². The summed E-state index contributed by atoms with van der Waals surface area (Å²) >= 11 is -0.104. The second-order valence-electron chi connectivity index (χ2n) is 9.82. The van der Waals surface area contributed by atoms with Gasteiger partial charge in [0.1, 0.15) is 0 Å². The Morgan fingerprint density at radius 1 is 0.872 bits per heavy atom. The van der Waals surface area contributed by atoms with Crippen LogP contribution in [-0.2, 0) is 30.3 Å². The summed E-state index contributed by atoms with van der Waals surface area (Å²) in [5.74, 6) is -1.71. The molecule has 10 heteroatoms. The minimum atomic E-state index is -1.09. The Morgan fingerprint density at radius 2 is 1.51 bits per heavy atom. The number of nitrogens with one attached hydrogen (secondary N) is 3. The summed E-state index contributed by atoms with van der Waals surface area (Å²) in [7, 11) is 1.61. The molecule has 3 amide bonds. The molecule has 39 heavy (non-hydrogen) atoms. The van der Waals surface area contributed by atoms with Crippen LogP contribution >= 0.6 is 0 Å². The van der Waals surface area contributed by atoms with Crippen LogP contribution in [0.1, 0.15) is 39.2 Å². The van der Waals surface area contributed by atoms with Crippen molar-refractivity contribution < 1.29 is 28.7 Å². The van der Waals surface area contributed by atoms with Crippen molar-refractivity contribution in [2.24, 2.45) is 5.92 Å². The summed E-state index contributed by atoms with van der Waals surface area (Å²) in [5, 5.41) is 8.68. The molecular formula is C29H37N3O6Se. The molecule has 1 heterocycles. The first-order valence-corrected chi connectivity index (χ1v) is 15.2. The van der Waals surface area contributed by atoms with E-state index < -0.39 is 47.9 Å². The average Bonchev–Trinajstić information content (AvgIpc) is 2.93. The van der Waals surface area contributed by atoms with Crippen molar-refractivity contribution in [2.75, 3.05) is 7.11 Å². The van der Waals surface area contributed by atoms with Gasteiger partial charge in [-0.25, -0.2) is 0 Å². The van der Waals surface area contributed by atoms with Crippen LogP contribution < -0.4 is 25.1 Å². The summed E-state index contributed by atoms with van der Waals surface area (Å²) in [6, 6.07) is 14.6. The molecule has 1 saturated heterocycles. The van der Waals surface area contributed by atoms with Gasteiger partial charge in [0.15, 0.2) is 0 Å². The first-order valence-electron chi connectivity index (χ1n) is 13.1. The Balaban J connectivity index is 1.79. The molecule has 3 N–H and O–H groups in total. The third-order valence-electron chi connectivity index (χ3n) is 6.36. The first kappa shape index (κ1) is 30.2. The Bertz CT molecular complexity index is 1130. The number of esters is 1. The van der Waals surface area contributed by atoms with Crippen LogP contribution in [0.3, 0.4) is 0 Å². The molecule has 0 aromatic heterocycles. The van der Waals surface area contributed by atoms with Gasteiger partial charge < -0.3 is 4.74 Å². The molecule has 1 aliphatic heterocycles. The van der Waals surface area contributed by atoms with Crippen LogP contribution in [0.4, 0.5) is 0 Å². The summed E-state index contributed by atoms with van der Waals surface area (Å²) < 4.78 is 11.8. The molecule has 0 radical (unpaired) electrons. The van der Waals surface area contributed by atoms with E-state index in [1.54, 1.807) is 21.0 Å². The number of hydrogen-bond acceptors (Lipinski definition) is 6. The van der Waals surface area contributed by atoms with Gasteiger partial charge in [-0.1, -0.05) is 0 Å². The summed E-state index contributed by atoms with van der Waals surface area (Å²) in [4.78, 5) is 52.5. The summed E-state index contributed by atoms with van der Waals surface area (Å²) in [5.41, 5.74) is 1.07. The van der Waals surface area contributed by atoms with Crippen LogP contribution in [0.2, 0.25) is 5.32 Å². The molecule has 2 aromatic rings. The molecule has 3 rings (SSSR count). The summed E-state index contributed by atoms with van der Waals surface area (Å²) in [6.07, 6.45) is 0.547. The predicted molar refractivity (Wildman–Crippen MR) is 149 cm³/mol. The van der Waals surface area contributed by atoms with Crippen LogP contribution in [0, 0.1) is 5.92 Å². The number of benzene rings is 2. The van der Waals surface area contributed by atoms with Gasteiger partial charge in [0.2, 0.25) is 0 Å². The van der Waals surface area contributed by atoms with E-state index in [1.807, 2.05) is 54.6 Å². The summed E-state index contributed by atoms with van der Waals surface area (Å²) in [6.45, 7) is 5.02. The number of ether oxygens (including phenoxy) is 2. The number of aryl methyl sites for hydroxylation is 1. The van der Waals surface area contributed by atoms with Crippen LogP contribution in [-0.4, -0.2) is 70.0 Å². The van der Waals surface area contributed by atoms with Crippen molar-refractivity contribution in [3.05, 3.63) is 60.2 Å². The van der Waals surface area contributed by atoms with Gasteiger partial charge in [0.05, 0.1) is 7.11 Å². The van der Waals surface area contributed by atoms with Gasteiger partial charge in [-0.15, -0.1) is 0 Å². The quantitative estimate of drug-likeness (QED) is 0.296. The average molecular weight is 603 g/mol. The SMILES string of the molecule is COc1ccc(CCC[C@@H]2NC(=O)[C@H](C(C)C)OC(=O)[C@H](C)NC(=O)[C@@H](C[Se]c3ccccc3)NC2=O)cc1. The molecule has 210 valence electrons. The number of carbonyl (C=O) groups excluding carboxylic acids is 4. The fourth-order valence-corrected chi connectivity index (χ4v) is 6.05. The number of carbonyl (C=O) groups is 4. The Kier molecular flexibility index (Phi) is 11.4. The number of amides is 3.